The summed E-state index contributed by atoms with van der Waals surface area (Å²) in [4.78, 5) is 10.4. The smallest absolute Gasteiger partial charge is 0.312 e. The highest BCUT2D eigenvalue weighted by Crippen LogP contribution is 2.34. The largest absolute Gasteiger partial charge is 0.481 e. The second-order valence-electron chi connectivity index (χ2n) is 3.89. The predicted molar refractivity (Wildman–Crippen MR) is 67.3 cm³/mol. The summed E-state index contributed by atoms with van der Waals surface area (Å²) in [5, 5.41) is 20.3. The summed E-state index contributed by atoms with van der Waals surface area (Å²) in [6.45, 7) is 4.96. The van der Waals surface area contributed by atoms with Crippen LogP contribution in [0.4, 0.5) is 5.69 Å². The Balaban J connectivity index is 3.17. The molecular weight excluding hydrogens is 290 g/mol. The summed E-state index contributed by atoms with van der Waals surface area (Å²) in [5.74, 6) is 0.201. The van der Waals surface area contributed by atoms with Crippen molar-refractivity contribution in [3.05, 3.63) is 32.3 Å². The third kappa shape index (κ3) is 3.41. The Morgan fingerprint density at radius 1 is 1.47 bits per heavy atom. The fourth-order valence-corrected chi connectivity index (χ4v) is 1.85. The van der Waals surface area contributed by atoms with Gasteiger partial charge in [0.15, 0.2) is 5.75 Å². The molecule has 2 atom stereocenters. The van der Waals surface area contributed by atoms with E-state index in [9.17, 15) is 15.2 Å². The summed E-state index contributed by atoms with van der Waals surface area (Å²) in [7, 11) is 0. The van der Waals surface area contributed by atoms with Crippen LogP contribution in [0.1, 0.15) is 19.4 Å². The first kappa shape index (κ1) is 13.9. The molecule has 0 aliphatic carbocycles. The number of halogens is 1. The van der Waals surface area contributed by atoms with E-state index in [0.29, 0.717) is 10.0 Å². The molecule has 0 amide bonds. The molecule has 6 heteroatoms. The molecule has 1 aromatic rings. The zero-order valence-corrected chi connectivity index (χ0v) is 11.4. The number of hydrogen-bond acceptors (Lipinski definition) is 4. The summed E-state index contributed by atoms with van der Waals surface area (Å²) >= 11 is 3.20. The van der Waals surface area contributed by atoms with Crippen molar-refractivity contribution < 1.29 is 14.8 Å². The molecular formula is C11H14BrNO4. The van der Waals surface area contributed by atoms with E-state index in [1.807, 2.05) is 0 Å². The van der Waals surface area contributed by atoms with Gasteiger partial charge in [0.25, 0.3) is 0 Å². The third-order valence-electron chi connectivity index (χ3n) is 2.40. The minimum atomic E-state index is -0.697. The molecule has 0 fully saturated rings. The molecule has 0 bridgehead atoms. The Morgan fingerprint density at radius 3 is 2.53 bits per heavy atom. The van der Waals surface area contributed by atoms with Crippen molar-refractivity contribution in [1.29, 1.82) is 0 Å². The van der Waals surface area contributed by atoms with Crippen LogP contribution in [0.15, 0.2) is 16.6 Å². The minimum absolute atomic E-state index is 0.107. The van der Waals surface area contributed by atoms with Crippen LogP contribution in [-0.4, -0.2) is 22.2 Å². The SMILES string of the molecule is Cc1cc(Br)cc([N+](=O)[O-])c1OC(C)C(C)O. The monoisotopic (exact) mass is 303 g/mol. The number of nitrogens with zero attached hydrogens (tertiary/aromatic N) is 1. The number of aliphatic hydroxyl groups is 1. The Labute approximate surface area is 108 Å². The van der Waals surface area contributed by atoms with Crippen LogP contribution in [0.5, 0.6) is 5.75 Å². The maximum absolute atomic E-state index is 10.9. The van der Waals surface area contributed by atoms with E-state index in [1.54, 1.807) is 26.8 Å². The first-order valence-electron chi connectivity index (χ1n) is 5.12. The lowest BCUT2D eigenvalue weighted by Crippen LogP contribution is -2.26. The molecule has 0 spiro atoms. The van der Waals surface area contributed by atoms with Gasteiger partial charge >= 0.3 is 5.69 Å². The number of nitro benzene ring substituents is 1. The van der Waals surface area contributed by atoms with Crippen LogP contribution in [0.25, 0.3) is 0 Å². The van der Waals surface area contributed by atoms with E-state index in [0.717, 1.165) is 0 Å². The van der Waals surface area contributed by atoms with Gasteiger partial charge in [-0.25, -0.2) is 0 Å². The Bertz CT molecular complexity index is 434. The van der Waals surface area contributed by atoms with Gasteiger partial charge in [0.2, 0.25) is 0 Å². The molecule has 0 saturated carbocycles. The molecule has 2 unspecified atom stereocenters. The quantitative estimate of drug-likeness (QED) is 0.686. The predicted octanol–water partition coefficient (Wildman–Crippen LogP) is 2.81. The average Bonchev–Trinajstić information content (AvgIpc) is 2.20. The lowest BCUT2D eigenvalue weighted by Gasteiger charge is -2.18. The molecule has 0 aliphatic rings. The number of aliphatic hydroxyl groups excluding tert-OH is 1. The Kier molecular flexibility index (Phi) is 4.47. The summed E-state index contributed by atoms with van der Waals surface area (Å²) in [5.41, 5.74) is 0.544. The van der Waals surface area contributed by atoms with E-state index >= 15 is 0 Å². The van der Waals surface area contributed by atoms with Gasteiger partial charge in [0.1, 0.15) is 6.10 Å². The first-order valence-corrected chi connectivity index (χ1v) is 5.91. The first-order chi connectivity index (χ1) is 7.82. The fraction of sp³-hybridized carbons (Fsp3) is 0.455. The maximum Gasteiger partial charge on any atom is 0.312 e. The molecule has 0 heterocycles. The molecule has 0 saturated heterocycles. The van der Waals surface area contributed by atoms with Crippen molar-refractivity contribution in [2.45, 2.75) is 33.0 Å². The van der Waals surface area contributed by atoms with E-state index in [1.165, 1.54) is 6.07 Å². The zero-order valence-electron chi connectivity index (χ0n) is 9.81. The molecule has 1 N–H and O–H groups in total. The molecule has 1 aromatic carbocycles. The van der Waals surface area contributed by atoms with Gasteiger partial charge in [-0.05, 0) is 32.4 Å². The lowest BCUT2D eigenvalue weighted by atomic mass is 10.2. The van der Waals surface area contributed by atoms with Crippen molar-refractivity contribution in [2.24, 2.45) is 0 Å². The van der Waals surface area contributed by atoms with E-state index in [4.69, 9.17) is 4.74 Å². The van der Waals surface area contributed by atoms with Crippen LogP contribution < -0.4 is 4.74 Å². The molecule has 5 nitrogen and oxygen atoms in total. The van der Waals surface area contributed by atoms with Gasteiger partial charge < -0.3 is 9.84 Å². The molecule has 1 rings (SSSR count). The standard InChI is InChI=1S/C11H14BrNO4/c1-6-4-9(12)5-10(13(15)16)11(6)17-8(3)7(2)14/h4-5,7-8,14H,1-3H3. The highest BCUT2D eigenvalue weighted by atomic mass is 79.9. The minimum Gasteiger partial charge on any atom is -0.481 e. The van der Waals surface area contributed by atoms with Crippen molar-refractivity contribution in [3.63, 3.8) is 0 Å². The van der Waals surface area contributed by atoms with Crippen LogP contribution in [-0.2, 0) is 0 Å². The number of hydrogen-bond donors (Lipinski definition) is 1. The summed E-state index contributed by atoms with van der Waals surface area (Å²) in [6, 6.07) is 3.12. The second kappa shape index (κ2) is 5.46. The van der Waals surface area contributed by atoms with Gasteiger partial charge in [-0.1, -0.05) is 15.9 Å². The fourth-order valence-electron chi connectivity index (χ4n) is 1.29. The van der Waals surface area contributed by atoms with E-state index < -0.39 is 17.1 Å². The second-order valence-corrected chi connectivity index (χ2v) is 4.81. The highest BCUT2D eigenvalue weighted by molar-refractivity contribution is 9.10. The molecule has 17 heavy (non-hydrogen) atoms. The van der Waals surface area contributed by atoms with Gasteiger partial charge in [0, 0.05) is 10.5 Å². The van der Waals surface area contributed by atoms with Crippen LogP contribution in [0.2, 0.25) is 0 Å². The zero-order chi connectivity index (χ0) is 13.2. The van der Waals surface area contributed by atoms with Crippen molar-refractivity contribution in [1.82, 2.24) is 0 Å². The third-order valence-corrected chi connectivity index (χ3v) is 2.86. The van der Waals surface area contributed by atoms with E-state index in [-0.39, 0.29) is 11.4 Å². The van der Waals surface area contributed by atoms with Gasteiger partial charge in [-0.2, -0.15) is 0 Å². The van der Waals surface area contributed by atoms with Crippen molar-refractivity contribution in [3.8, 4) is 5.75 Å². The number of rotatable bonds is 4. The number of aryl methyl sites for hydroxylation is 1. The van der Waals surface area contributed by atoms with Gasteiger partial charge in [-0.3, -0.25) is 10.1 Å². The van der Waals surface area contributed by atoms with Gasteiger partial charge in [-0.15, -0.1) is 0 Å². The van der Waals surface area contributed by atoms with Crippen molar-refractivity contribution >= 4 is 21.6 Å². The number of ether oxygens (including phenoxy) is 1. The lowest BCUT2D eigenvalue weighted by molar-refractivity contribution is -0.386. The molecule has 0 aromatic heterocycles. The topological polar surface area (TPSA) is 72.6 Å². The number of nitro groups is 1. The Morgan fingerprint density at radius 2 is 2.06 bits per heavy atom. The maximum atomic E-state index is 10.9. The van der Waals surface area contributed by atoms with Crippen LogP contribution >= 0.6 is 15.9 Å². The van der Waals surface area contributed by atoms with Crippen LogP contribution in [0, 0.1) is 17.0 Å². The molecule has 0 radical (unpaired) electrons. The molecule has 0 aliphatic heterocycles. The average molecular weight is 304 g/mol. The van der Waals surface area contributed by atoms with Crippen LogP contribution in [0.3, 0.4) is 0 Å². The highest BCUT2D eigenvalue weighted by Gasteiger charge is 2.22. The molecule has 94 valence electrons. The number of benzene rings is 1. The normalized spacial score (nSPS) is 14.2. The summed E-state index contributed by atoms with van der Waals surface area (Å²) in [6.07, 6.45) is -1.20. The van der Waals surface area contributed by atoms with Crippen molar-refractivity contribution in [2.75, 3.05) is 0 Å². The summed E-state index contributed by atoms with van der Waals surface area (Å²) < 4.78 is 6.07. The van der Waals surface area contributed by atoms with E-state index in [2.05, 4.69) is 15.9 Å². The van der Waals surface area contributed by atoms with Gasteiger partial charge in [0.05, 0.1) is 11.0 Å². The Hall–Kier alpha value is -1.14.